The van der Waals surface area contributed by atoms with Gasteiger partial charge in [-0.15, -0.1) is 16.4 Å². The van der Waals surface area contributed by atoms with Gasteiger partial charge in [0.1, 0.15) is 11.2 Å². The van der Waals surface area contributed by atoms with Crippen LogP contribution in [0.15, 0.2) is 90.6 Å². The molecule has 0 aliphatic carbocycles. The van der Waals surface area contributed by atoms with Crippen molar-refractivity contribution in [1.82, 2.24) is 25.0 Å². The highest BCUT2D eigenvalue weighted by Gasteiger charge is 2.42. The van der Waals surface area contributed by atoms with E-state index < -0.39 is 23.5 Å². The summed E-state index contributed by atoms with van der Waals surface area (Å²) in [4.78, 5) is 22.6. The summed E-state index contributed by atoms with van der Waals surface area (Å²) < 4.78 is 42.5. The average Bonchev–Trinajstić information content (AvgIpc) is 3.62. The quantitative estimate of drug-likeness (QED) is 0.229. The van der Waals surface area contributed by atoms with Gasteiger partial charge in [0.15, 0.2) is 11.4 Å². The van der Waals surface area contributed by atoms with Gasteiger partial charge in [-0.2, -0.15) is 13.2 Å². The number of nitrogens with one attached hydrogen (secondary N) is 1. The van der Waals surface area contributed by atoms with Crippen LogP contribution in [0, 0.1) is 0 Å². The first-order valence-electron chi connectivity index (χ1n) is 11.8. The third-order valence-electron chi connectivity index (χ3n) is 6.12. The SMILES string of the molecule is O=C(Nc1ccc(-c2ccccc2-c2ncnc3sccc23)cc1)c1nnn(-c2ccc(Cl)cc2)c1C(F)(F)F. The highest BCUT2D eigenvalue weighted by atomic mass is 35.5. The fourth-order valence-electron chi connectivity index (χ4n) is 4.32. The minimum absolute atomic E-state index is 0.0645. The molecule has 0 aliphatic heterocycles. The molecule has 3 aromatic carbocycles. The number of aromatic nitrogens is 5. The molecule has 7 nitrogen and oxygen atoms in total. The average molecular weight is 577 g/mol. The van der Waals surface area contributed by atoms with E-state index in [1.807, 2.05) is 35.7 Å². The Morgan fingerprint density at radius 2 is 1.62 bits per heavy atom. The lowest BCUT2D eigenvalue weighted by molar-refractivity contribution is -0.143. The molecule has 0 aliphatic rings. The molecule has 40 heavy (non-hydrogen) atoms. The van der Waals surface area contributed by atoms with E-state index in [9.17, 15) is 18.0 Å². The van der Waals surface area contributed by atoms with Crippen molar-refractivity contribution in [3.63, 3.8) is 0 Å². The number of thiophene rings is 1. The van der Waals surface area contributed by atoms with E-state index in [4.69, 9.17) is 11.6 Å². The number of halogens is 4. The number of fused-ring (bicyclic) bond motifs is 1. The zero-order valence-corrected chi connectivity index (χ0v) is 21.8. The summed E-state index contributed by atoms with van der Waals surface area (Å²) in [5.74, 6) is -1.04. The van der Waals surface area contributed by atoms with E-state index >= 15 is 0 Å². The van der Waals surface area contributed by atoms with Gasteiger partial charge in [0, 0.05) is 21.7 Å². The zero-order chi connectivity index (χ0) is 27.9. The first kappa shape index (κ1) is 25.7. The first-order chi connectivity index (χ1) is 19.3. The second-order valence-electron chi connectivity index (χ2n) is 8.61. The molecule has 1 amide bonds. The number of carbonyl (C=O) groups excluding carboxylic acids is 1. The molecule has 6 aromatic rings. The summed E-state index contributed by atoms with van der Waals surface area (Å²) in [6.07, 6.45) is -3.36. The summed E-state index contributed by atoms with van der Waals surface area (Å²) >= 11 is 7.37. The van der Waals surface area contributed by atoms with Gasteiger partial charge in [0.05, 0.1) is 11.4 Å². The van der Waals surface area contributed by atoms with E-state index in [1.54, 1.807) is 24.3 Å². The number of hydrogen-bond donors (Lipinski definition) is 1. The number of nitrogens with zero attached hydrogens (tertiary/aromatic N) is 5. The Balaban J connectivity index is 1.29. The van der Waals surface area contributed by atoms with Crippen molar-refractivity contribution in [2.75, 3.05) is 5.32 Å². The minimum atomic E-state index is -4.89. The number of alkyl halides is 3. The third kappa shape index (κ3) is 4.80. The molecule has 3 heterocycles. The van der Waals surface area contributed by atoms with Gasteiger partial charge in [-0.25, -0.2) is 14.6 Å². The minimum Gasteiger partial charge on any atom is -0.321 e. The van der Waals surface area contributed by atoms with Gasteiger partial charge < -0.3 is 5.32 Å². The van der Waals surface area contributed by atoms with E-state index in [0.717, 1.165) is 32.6 Å². The zero-order valence-electron chi connectivity index (χ0n) is 20.2. The first-order valence-corrected chi connectivity index (χ1v) is 13.0. The highest BCUT2D eigenvalue weighted by Crippen LogP contribution is 2.36. The van der Waals surface area contributed by atoms with Crippen LogP contribution in [0.3, 0.4) is 0 Å². The largest absolute Gasteiger partial charge is 0.435 e. The molecule has 0 atom stereocenters. The Morgan fingerprint density at radius 3 is 2.35 bits per heavy atom. The van der Waals surface area contributed by atoms with Gasteiger partial charge in [-0.05, 0) is 59.0 Å². The molecule has 0 saturated carbocycles. The number of hydrogen-bond acceptors (Lipinski definition) is 6. The summed E-state index contributed by atoms with van der Waals surface area (Å²) in [5.41, 5.74) is 1.65. The topological polar surface area (TPSA) is 85.6 Å². The summed E-state index contributed by atoms with van der Waals surface area (Å²) in [6, 6.07) is 22.0. The van der Waals surface area contributed by atoms with Crippen LogP contribution in [0.25, 0.3) is 38.3 Å². The molecule has 12 heteroatoms. The Labute approximate surface area is 233 Å². The van der Waals surface area contributed by atoms with Crippen LogP contribution < -0.4 is 5.32 Å². The van der Waals surface area contributed by atoms with Gasteiger partial charge in [-0.3, -0.25) is 4.79 Å². The van der Waals surface area contributed by atoms with E-state index in [2.05, 4.69) is 25.6 Å². The Morgan fingerprint density at radius 1 is 0.900 bits per heavy atom. The molecular weight excluding hydrogens is 561 g/mol. The molecule has 3 aromatic heterocycles. The van der Waals surface area contributed by atoms with Crippen molar-refractivity contribution in [1.29, 1.82) is 0 Å². The molecule has 6 rings (SSSR count). The number of carbonyl (C=O) groups is 1. The predicted molar refractivity (Wildman–Crippen MR) is 148 cm³/mol. The van der Waals surface area contributed by atoms with Crippen molar-refractivity contribution < 1.29 is 18.0 Å². The van der Waals surface area contributed by atoms with Gasteiger partial charge in [-0.1, -0.05) is 53.2 Å². The molecule has 198 valence electrons. The van der Waals surface area contributed by atoms with Crippen molar-refractivity contribution in [2.24, 2.45) is 0 Å². The van der Waals surface area contributed by atoms with Gasteiger partial charge >= 0.3 is 6.18 Å². The van der Waals surface area contributed by atoms with Crippen molar-refractivity contribution >= 4 is 44.7 Å². The summed E-state index contributed by atoms with van der Waals surface area (Å²) in [5, 5.41) is 12.9. The van der Waals surface area contributed by atoms with E-state index in [0.29, 0.717) is 15.4 Å². The molecule has 0 radical (unpaired) electrons. The Bertz CT molecular complexity index is 1850. The lowest BCUT2D eigenvalue weighted by atomic mass is 9.96. The van der Waals surface area contributed by atoms with Crippen LogP contribution in [0.4, 0.5) is 18.9 Å². The van der Waals surface area contributed by atoms with Gasteiger partial charge in [0.2, 0.25) is 0 Å². The second-order valence-corrected chi connectivity index (χ2v) is 9.94. The molecule has 0 unspecified atom stereocenters. The molecule has 0 fully saturated rings. The lowest BCUT2D eigenvalue weighted by Crippen LogP contribution is -2.21. The van der Waals surface area contributed by atoms with Crippen LogP contribution in [0.2, 0.25) is 5.02 Å². The third-order valence-corrected chi connectivity index (χ3v) is 7.20. The maximum absolute atomic E-state index is 14.0. The normalized spacial score (nSPS) is 11.6. The van der Waals surface area contributed by atoms with Crippen molar-refractivity contribution in [3.8, 4) is 28.1 Å². The number of benzene rings is 3. The van der Waals surface area contributed by atoms with Gasteiger partial charge in [0.25, 0.3) is 5.91 Å². The maximum atomic E-state index is 14.0. The summed E-state index contributed by atoms with van der Waals surface area (Å²) in [6.45, 7) is 0. The van der Waals surface area contributed by atoms with E-state index in [1.165, 1.54) is 41.9 Å². The molecule has 0 spiro atoms. The maximum Gasteiger partial charge on any atom is 0.435 e. The van der Waals surface area contributed by atoms with Crippen LogP contribution in [0.1, 0.15) is 16.2 Å². The Kier molecular flexibility index (Phi) is 6.53. The van der Waals surface area contributed by atoms with Crippen molar-refractivity contribution in [3.05, 3.63) is 107 Å². The summed E-state index contributed by atoms with van der Waals surface area (Å²) in [7, 11) is 0. The smallest absolute Gasteiger partial charge is 0.321 e. The van der Waals surface area contributed by atoms with Crippen LogP contribution in [-0.2, 0) is 6.18 Å². The molecule has 1 N–H and O–H groups in total. The predicted octanol–water partition coefficient (Wildman–Crippen LogP) is 7.53. The van der Waals surface area contributed by atoms with Crippen LogP contribution >= 0.6 is 22.9 Å². The number of amides is 1. The second kappa shape index (κ2) is 10.2. The molecular formula is C28H16ClF3N6OS. The Hall–Kier alpha value is -4.61. The fourth-order valence-corrected chi connectivity index (χ4v) is 5.18. The fraction of sp³-hybridized carbons (Fsp3) is 0.0357. The van der Waals surface area contributed by atoms with E-state index in [-0.39, 0.29) is 5.69 Å². The highest BCUT2D eigenvalue weighted by molar-refractivity contribution is 7.16. The number of anilines is 1. The van der Waals surface area contributed by atoms with Crippen LogP contribution in [-0.4, -0.2) is 30.9 Å². The molecule has 0 saturated heterocycles. The monoisotopic (exact) mass is 576 g/mol. The molecule has 0 bridgehead atoms. The van der Waals surface area contributed by atoms with Crippen LogP contribution in [0.5, 0.6) is 0 Å². The standard InChI is InChI=1S/C28H16ClF3N6OS/c29-17-7-11-19(12-8-17)38-25(28(30,31)32)24(36-37-38)26(39)35-18-9-5-16(6-10-18)20-3-1-2-4-21(20)23-22-13-14-40-27(22)34-15-33-23/h1-15H,(H,35,39). The number of rotatable bonds is 5. The lowest BCUT2D eigenvalue weighted by Gasteiger charge is -2.12. The van der Waals surface area contributed by atoms with Crippen molar-refractivity contribution in [2.45, 2.75) is 6.18 Å².